The third kappa shape index (κ3) is 7.69. The molecule has 0 aliphatic heterocycles. The smallest absolute Gasteiger partial charge is 0.140 e. The minimum Gasteiger partial charge on any atom is -0.327 e. The van der Waals surface area contributed by atoms with Gasteiger partial charge in [0.25, 0.3) is 0 Å². The van der Waals surface area contributed by atoms with Gasteiger partial charge in [0, 0.05) is 57.9 Å². The topological polar surface area (TPSA) is 24.3 Å². The van der Waals surface area contributed by atoms with Crippen LogP contribution in [0.1, 0.15) is 0 Å². The molecule has 0 saturated carbocycles. The van der Waals surface area contributed by atoms with Gasteiger partial charge in [-0.1, -0.05) is 176 Å². The Morgan fingerprint density at radius 2 is 0.548 bits per heavy atom. The first-order valence-electron chi connectivity index (χ1n) is 21.0. The van der Waals surface area contributed by atoms with Crippen LogP contribution in [-0.2, 0) is 7.05 Å². The SMILES string of the molecule is Cn1c(-c2ccccc2)nc(-c2ccc(-c3ccc(N(c4ccccc4)c4ccccc4)cc3)cc2)c1-c1ccc(-c2ccc(N(c3ccccc3)c3ccccc3)cc2)cc1. The maximum absolute atomic E-state index is 5.33. The Labute approximate surface area is 363 Å². The molecule has 10 rings (SSSR count). The molecule has 0 fully saturated rings. The van der Waals surface area contributed by atoms with E-state index in [-0.39, 0.29) is 0 Å². The first-order chi connectivity index (χ1) is 30.7. The fourth-order valence-electron chi connectivity index (χ4n) is 8.33. The largest absolute Gasteiger partial charge is 0.327 e. The standard InChI is InChI=1S/C58H44N4/c1-60-57(48-33-29-44(30-34-48)46-37-41-55(42-38-46)62(52-23-13-5-14-24-52)53-25-15-6-16-26-53)56(59-58(60)49-17-7-2-8-18-49)47-31-27-43(28-32-47)45-35-39-54(40-36-45)61(50-19-9-3-10-20-50)51-21-11-4-12-22-51/h2-42H,1H3. The number of imidazole rings is 1. The van der Waals surface area contributed by atoms with Crippen LogP contribution >= 0.6 is 0 Å². The van der Waals surface area contributed by atoms with Crippen molar-refractivity contribution < 1.29 is 0 Å². The van der Waals surface area contributed by atoms with E-state index in [1.807, 2.05) is 6.07 Å². The maximum atomic E-state index is 5.33. The van der Waals surface area contributed by atoms with Crippen molar-refractivity contribution in [2.24, 2.45) is 7.05 Å². The van der Waals surface area contributed by atoms with Crippen molar-refractivity contribution >= 4 is 34.1 Å². The van der Waals surface area contributed by atoms with Crippen molar-refractivity contribution in [1.82, 2.24) is 9.55 Å². The number of anilines is 6. The Hall–Kier alpha value is -8.21. The molecule has 296 valence electrons. The normalized spacial score (nSPS) is 11.0. The lowest BCUT2D eigenvalue weighted by atomic mass is 9.98. The molecule has 1 aromatic heterocycles. The quantitative estimate of drug-likeness (QED) is 0.130. The highest BCUT2D eigenvalue weighted by molar-refractivity contribution is 5.85. The predicted molar refractivity (Wildman–Crippen MR) is 260 cm³/mol. The Balaban J connectivity index is 0.949. The van der Waals surface area contributed by atoms with Gasteiger partial charge in [-0.15, -0.1) is 0 Å². The first-order valence-corrected chi connectivity index (χ1v) is 21.0. The van der Waals surface area contributed by atoms with Crippen LogP contribution in [0.2, 0.25) is 0 Å². The molecular formula is C58H44N4. The third-order valence-corrected chi connectivity index (χ3v) is 11.4. The Morgan fingerprint density at radius 3 is 0.903 bits per heavy atom. The van der Waals surface area contributed by atoms with Gasteiger partial charge >= 0.3 is 0 Å². The van der Waals surface area contributed by atoms with Crippen LogP contribution in [0.15, 0.2) is 249 Å². The summed E-state index contributed by atoms with van der Waals surface area (Å²) >= 11 is 0. The Bertz CT molecular complexity index is 2920. The molecule has 9 aromatic carbocycles. The molecule has 10 aromatic rings. The zero-order valence-electron chi connectivity index (χ0n) is 34.5. The fraction of sp³-hybridized carbons (Fsp3) is 0.0172. The van der Waals surface area contributed by atoms with Gasteiger partial charge in [-0.05, 0) is 95.1 Å². The average molecular weight is 797 g/mol. The van der Waals surface area contributed by atoms with E-state index in [9.17, 15) is 0 Å². The molecule has 4 nitrogen and oxygen atoms in total. The van der Waals surface area contributed by atoms with E-state index in [1.54, 1.807) is 0 Å². The average Bonchev–Trinajstić information content (AvgIpc) is 3.70. The molecule has 0 amide bonds. The molecule has 0 N–H and O–H groups in total. The van der Waals surface area contributed by atoms with E-state index in [4.69, 9.17) is 4.98 Å². The van der Waals surface area contributed by atoms with Crippen LogP contribution in [0.3, 0.4) is 0 Å². The number of hydrogen-bond donors (Lipinski definition) is 0. The zero-order valence-corrected chi connectivity index (χ0v) is 34.5. The lowest BCUT2D eigenvalue weighted by Gasteiger charge is -2.25. The lowest BCUT2D eigenvalue weighted by molar-refractivity contribution is 0.933. The van der Waals surface area contributed by atoms with Crippen molar-refractivity contribution in [3.05, 3.63) is 249 Å². The van der Waals surface area contributed by atoms with Gasteiger partial charge in [-0.25, -0.2) is 4.98 Å². The summed E-state index contributed by atoms with van der Waals surface area (Å²) in [6.45, 7) is 0. The van der Waals surface area contributed by atoms with Crippen LogP contribution in [0.25, 0.3) is 56.2 Å². The van der Waals surface area contributed by atoms with E-state index in [2.05, 4.69) is 264 Å². The number of aromatic nitrogens is 2. The highest BCUT2D eigenvalue weighted by Gasteiger charge is 2.20. The molecule has 4 heteroatoms. The molecule has 0 spiro atoms. The summed E-state index contributed by atoms with van der Waals surface area (Å²) in [6.07, 6.45) is 0. The lowest BCUT2D eigenvalue weighted by Crippen LogP contribution is -2.09. The summed E-state index contributed by atoms with van der Waals surface area (Å²) in [6, 6.07) is 87.9. The number of para-hydroxylation sites is 4. The molecule has 0 radical (unpaired) electrons. The highest BCUT2D eigenvalue weighted by atomic mass is 15.1. The number of benzene rings is 9. The van der Waals surface area contributed by atoms with Crippen LogP contribution in [-0.4, -0.2) is 9.55 Å². The number of nitrogens with zero attached hydrogens (tertiary/aromatic N) is 4. The summed E-state index contributed by atoms with van der Waals surface area (Å²) in [5, 5.41) is 0. The van der Waals surface area contributed by atoms with Crippen LogP contribution in [0, 0.1) is 0 Å². The van der Waals surface area contributed by atoms with E-state index < -0.39 is 0 Å². The fourth-order valence-corrected chi connectivity index (χ4v) is 8.33. The van der Waals surface area contributed by atoms with E-state index in [0.29, 0.717) is 0 Å². The monoisotopic (exact) mass is 796 g/mol. The van der Waals surface area contributed by atoms with Gasteiger partial charge < -0.3 is 14.4 Å². The van der Waals surface area contributed by atoms with Crippen molar-refractivity contribution in [2.45, 2.75) is 0 Å². The molecule has 62 heavy (non-hydrogen) atoms. The van der Waals surface area contributed by atoms with Crippen LogP contribution < -0.4 is 9.80 Å². The molecule has 0 unspecified atom stereocenters. The van der Waals surface area contributed by atoms with E-state index in [1.165, 1.54) is 0 Å². The van der Waals surface area contributed by atoms with E-state index in [0.717, 1.165) is 90.3 Å². The second-order valence-corrected chi connectivity index (χ2v) is 15.3. The molecule has 0 aliphatic carbocycles. The Kier molecular flexibility index (Phi) is 10.5. The molecule has 1 heterocycles. The first kappa shape index (κ1) is 38.0. The van der Waals surface area contributed by atoms with Crippen molar-refractivity contribution in [3.8, 4) is 56.2 Å². The van der Waals surface area contributed by atoms with E-state index >= 15 is 0 Å². The minimum atomic E-state index is 0.928. The molecular weight excluding hydrogens is 753 g/mol. The second kappa shape index (κ2) is 17.2. The summed E-state index contributed by atoms with van der Waals surface area (Å²) in [4.78, 5) is 9.90. The third-order valence-electron chi connectivity index (χ3n) is 11.4. The van der Waals surface area contributed by atoms with Crippen molar-refractivity contribution in [1.29, 1.82) is 0 Å². The van der Waals surface area contributed by atoms with Crippen molar-refractivity contribution in [3.63, 3.8) is 0 Å². The van der Waals surface area contributed by atoms with Crippen molar-refractivity contribution in [2.75, 3.05) is 9.80 Å². The summed E-state index contributed by atoms with van der Waals surface area (Å²) in [5.74, 6) is 0.928. The maximum Gasteiger partial charge on any atom is 0.140 e. The highest BCUT2D eigenvalue weighted by Crippen LogP contribution is 2.40. The van der Waals surface area contributed by atoms with Gasteiger partial charge in [0.1, 0.15) is 5.82 Å². The van der Waals surface area contributed by atoms with Crippen LogP contribution in [0.5, 0.6) is 0 Å². The van der Waals surface area contributed by atoms with Gasteiger partial charge in [-0.2, -0.15) is 0 Å². The molecule has 0 saturated heterocycles. The summed E-state index contributed by atoms with van der Waals surface area (Å²) in [7, 11) is 2.12. The zero-order chi connectivity index (χ0) is 41.7. The molecule has 0 atom stereocenters. The van der Waals surface area contributed by atoms with Gasteiger partial charge in [0.05, 0.1) is 11.4 Å². The molecule has 0 bridgehead atoms. The number of hydrogen-bond acceptors (Lipinski definition) is 3. The van der Waals surface area contributed by atoms with Crippen LogP contribution in [0.4, 0.5) is 34.1 Å². The number of rotatable bonds is 11. The Morgan fingerprint density at radius 1 is 0.274 bits per heavy atom. The molecule has 0 aliphatic rings. The predicted octanol–water partition coefficient (Wildman–Crippen LogP) is 15.7. The minimum absolute atomic E-state index is 0.928. The van der Waals surface area contributed by atoms with Gasteiger partial charge in [0.15, 0.2) is 0 Å². The second-order valence-electron chi connectivity index (χ2n) is 15.3. The van der Waals surface area contributed by atoms with Gasteiger partial charge in [0.2, 0.25) is 0 Å². The summed E-state index contributed by atoms with van der Waals surface area (Å²) < 4.78 is 2.23. The summed E-state index contributed by atoms with van der Waals surface area (Å²) in [5.41, 5.74) is 16.6. The van der Waals surface area contributed by atoms with Gasteiger partial charge in [-0.3, -0.25) is 0 Å².